The zero-order valence-electron chi connectivity index (χ0n) is 15.6. The van der Waals surface area contributed by atoms with Gasteiger partial charge in [-0.15, -0.1) is 0 Å². The molecule has 0 spiro atoms. The number of fused-ring (bicyclic) bond motifs is 1. The molecule has 29 heavy (non-hydrogen) atoms. The fourth-order valence-electron chi connectivity index (χ4n) is 3.50. The third kappa shape index (κ3) is 4.07. The number of hydrogen-bond acceptors (Lipinski definition) is 7. The molecular weight excluding hydrogens is 400 g/mol. The minimum atomic E-state index is -0.646. The van der Waals surface area contributed by atoms with Crippen LogP contribution < -0.4 is 14.4 Å². The molecule has 8 nitrogen and oxygen atoms in total. The topological polar surface area (TPSA) is 91.1 Å². The van der Waals surface area contributed by atoms with E-state index < -0.39 is 10.9 Å². The molecule has 0 aliphatic carbocycles. The molecule has 0 saturated carbocycles. The monoisotopic (exact) mass is 418 g/mol. The summed E-state index contributed by atoms with van der Waals surface area (Å²) in [5.41, 5.74) is 1.20. The summed E-state index contributed by atoms with van der Waals surface area (Å²) in [6, 6.07) is 7.78. The highest BCUT2D eigenvalue weighted by atomic mass is 35.5. The second kappa shape index (κ2) is 8.16. The maximum absolute atomic E-state index is 12.5. The van der Waals surface area contributed by atoms with Crippen LogP contribution in [0.15, 0.2) is 30.3 Å². The van der Waals surface area contributed by atoms with Crippen molar-refractivity contribution >= 4 is 28.9 Å². The summed E-state index contributed by atoms with van der Waals surface area (Å²) in [6.45, 7) is 2.34. The normalized spacial score (nSPS) is 15.3. The third-order valence-electron chi connectivity index (χ3n) is 4.88. The van der Waals surface area contributed by atoms with E-state index in [1.165, 1.54) is 6.07 Å². The van der Waals surface area contributed by atoms with Gasteiger partial charge in [-0.05, 0) is 42.7 Å². The van der Waals surface area contributed by atoms with Gasteiger partial charge in [0.25, 0.3) is 5.69 Å². The van der Waals surface area contributed by atoms with Crippen molar-refractivity contribution in [3.63, 3.8) is 0 Å². The van der Waals surface area contributed by atoms with Crippen LogP contribution in [0.5, 0.6) is 11.5 Å². The van der Waals surface area contributed by atoms with Crippen molar-refractivity contribution in [1.29, 1.82) is 0 Å². The zero-order valence-corrected chi connectivity index (χ0v) is 16.3. The molecule has 2 aromatic rings. The van der Waals surface area contributed by atoms with Crippen LogP contribution in [-0.4, -0.2) is 37.2 Å². The highest BCUT2D eigenvalue weighted by molar-refractivity contribution is 6.32. The SMILES string of the molecule is O=C(OCc1cc(Cl)c2c(c1)OCCO2)c1ccc(N2CCCC2)c([N+](=O)[O-])c1. The van der Waals surface area contributed by atoms with Gasteiger partial charge in [0.15, 0.2) is 11.5 Å². The van der Waals surface area contributed by atoms with Crippen LogP contribution in [0.1, 0.15) is 28.8 Å². The maximum Gasteiger partial charge on any atom is 0.338 e. The number of anilines is 1. The van der Waals surface area contributed by atoms with Crippen molar-refractivity contribution in [3.8, 4) is 11.5 Å². The Balaban J connectivity index is 1.49. The molecule has 1 fully saturated rings. The van der Waals surface area contributed by atoms with Gasteiger partial charge in [0, 0.05) is 19.2 Å². The molecular formula is C20H19ClN2O6. The van der Waals surface area contributed by atoms with Crippen molar-refractivity contribution in [1.82, 2.24) is 0 Å². The quantitative estimate of drug-likeness (QED) is 0.412. The van der Waals surface area contributed by atoms with E-state index in [4.69, 9.17) is 25.8 Å². The first kappa shape index (κ1) is 19.3. The number of benzene rings is 2. The number of halogens is 1. The molecule has 9 heteroatoms. The predicted molar refractivity (Wildman–Crippen MR) is 106 cm³/mol. The van der Waals surface area contributed by atoms with Crippen LogP contribution in [0.3, 0.4) is 0 Å². The predicted octanol–water partition coefficient (Wildman–Crippen LogP) is 3.98. The van der Waals surface area contributed by atoms with E-state index in [1.54, 1.807) is 24.3 Å². The number of carbonyl (C=O) groups is 1. The lowest BCUT2D eigenvalue weighted by molar-refractivity contribution is -0.384. The second-order valence-corrected chi connectivity index (χ2v) is 7.24. The molecule has 0 unspecified atom stereocenters. The summed E-state index contributed by atoms with van der Waals surface area (Å²) >= 11 is 6.19. The Morgan fingerprint density at radius 1 is 1.17 bits per heavy atom. The Bertz CT molecular complexity index is 958. The number of rotatable bonds is 5. The molecule has 152 valence electrons. The summed E-state index contributed by atoms with van der Waals surface area (Å²) in [6.07, 6.45) is 2.00. The summed E-state index contributed by atoms with van der Waals surface area (Å²) in [5.74, 6) is 0.327. The Kier molecular flexibility index (Phi) is 5.44. The molecule has 0 aromatic heterocycles. The smallest absolute Gasteiger partial charge is 0.338 e. The van der Waals surface area contributed by atoms with Gasteiger partial charge in [-0.25, -0.2) is 4.79 Å². The summed E-state index contributed by atoms with van der Waals surface area (Å²) < 4.78 is 16.3. The van der Waals surface area contributed by atoms with Gasteiger partial charge in [0.2, 0.25) is 0 Å². The second-order valence-electron chi connectivity index (χ2n) is 6.83. The minimum absolute atomic E-state index is 0.0448. The first-order valence-corrected chi connectivity index (χ1v) is 9.69. The first-order valence-electron chi connectivity index (χ1n) is 9.31. The molecule has 4 rings (SSSR count). The maximum atomic E-state index is 12.5. The highest BCUT2D eigenvalue weighted by Crippen LogP contribution is 2.38. The van der Waals surface area contributed by atoms with Gasteiger partial charge in [0.1, 0.15) is 25.5 Å². The Morgan fingerprint density at radius 2 is 1.93 bits per heavy atom. The van der Waals surface area contributed by atoms with E-state index in [-0.39, 0.29) is 17.9 Å². The van der Waals surface area contributed by atoms with Crippen molar-refractivity contribution in [2.45, 2.75) is 19.4 Å². The van der Waals surface area contributed by atoms with E-state index in [0.29, 0.717) is 41.0 Å². The molecule has 2 heterocycles. The number of nitro groups is 1. The van der Waals surface area contributed by atoms with E-state index in [1.807, 2.05) is 4.90 Å². The fourth-order valence-corrected chi connectivity index (χ4v) is 3.79. The molecule has 0 amide bonds. The third-order valence-corrected chi connectivity index (χ3v) is 5.16. The number of ether oxygens (including phenoxy) is 3. The molecule has 2 aliphatic rings. The van der Waals surface area contributed by atoms with E-state index in [9.17, 15) is 14.9 Å². The fraction of sp³-hybridized carbons (Fsp3) is 0.350. The first-order chi connectivity index (χ1) is 14.0. The van der Waals surface area contributed by atoms with Gasteiger partial charge < -0.3 is 19.1 Å². The standard InChI is InChI=1S/C20H19ClN2O6/c21-15-9-13(10-18-19(15)28-8-7-27-18)12-29-20(24)14-3-4-16(17(11-14)23(25)26)22-5-1-2-6-22/h3-4,9-11H,1-2,5-8,12H2. The van der Waals surface area contributed by atoms with Crippen molar-refractivity contribution < 1.29 is 23.9 Å². The van der Waals surface area contributed by atoms with E-state index >= 15 is 0 Å². The average molecular weight is 419 g/mol. The largest absolute Gasteiger partial charge is 0.486 e. The highest BCUT2D eigenvalue weighted by Gasteiger charge is 2.24. The van der Waals surface area contributed by atoms with Crippen LogP contribution in [0.2, 0.25) is 5.02 Å². The number of carbonyl (C=O) groups excluding carboxylic acids is 1. The summed E-state index contributed by atoms with van der Waals surface area (Å²) in [4.78, 5) is 25.4. The number of nitrogens with zero attached hydrogens (tertiary/aromatic N) is 2. The van der Waals surface area contributed by atoms with Gasteiger partial charge in [-0.3, -0.25) is 10.1 Å². The van der Waals surface area contributed by atoms with Gasteiger partial charge >= 0.3 is 5.97 Å². The molecule has 2 aliphatic heterocycles. The van der Waals surface area contributed by atoms with Crippen molar-refractivity contribution in [2.75, 3.05) is 31.2 Å². The average Bonchev–Trinajstić information content (AvgIpc) is 3.26. The van der Waals surface area contributed by atoms with Gasteiger partial charge in [-0.2, -0.15) is 0 Å². The number of nitro benzene ring substituents is 1. The van der Waals surface area contributed by atoms with Crippen molar-refractivity contribution in [2.24, 2.45) is 0 Å². The molecule has 1 saturated heterocycles. The van der Waals surface area contributed by atoms with Crippen LogP contribution in [0.25, 0.3) is 0 Å². The van der Waals surface area contributed by atoms with Crippen molar-refractivity contribution in [3.05, 3.63) is 56.6 Å². The Labute approximate surface area is 172 Å². The van der Waals surface area contributed by atoms with Crippen LogP contribution in [0.4, 0.5) is 11.4 Å². The van der Waals surface area contributed by atoms with Crippen LogP contribution >= 0.6 is 11.6 Å². The number of hydrogen-bond donors (Lipinski definition) is 0. The lowest BCUT2D eigenvalue weighted by Gasteiger charge is -2.20. The molecule has 0 bridgehead atoms. The van der Waals surface area contributed by atoms with E-state index in [0.717, 1.165) is 25.9 Å². The van der Waals surface area contributed by atoms with Crippen LogP contribution in [0, 0.1) is 10.1 Å². The zero-order chi connectivity index (χ0) is 20.4. The van der Waals surface area contributed by atoms with Gasteiger partial charge in [0.05, 0.1) is 15.5 Å². The minimum Gasteiger partial charge on any atom is -0.486 e. The number of esters is 1. The lowest BCUT2D eigenvalue weighted by Crippen LogP contribution is -2.19. The Hall–Kier alpha value is -3.00. The van der Waals surface area contributed by atoms with Gasteiger partial charge in [-0.1, -0.05) is 11.6 Å². The molecule has 0 radical (unpaired) electrons. The summed E-state index contributed by atoms with van der Waals surface area (Å²) in [5, 5.41) is 11.9. The Morgan fingerprint density at radius 3 is 2.69 bits per heavy atom. The lowest BCUT2D eigenvalue weighted by atomic mass is 10.1. The molecule has 0 atom stereocenters. The summed E-state index contributed by atoms with van der Waals surface area (Å²) in [7, 11) is 0. The van der Waals surface area contributed by atoms with E-state index in [2.05, 4.69) is 0 Å². The van der Waals surface area contributed by atoms with Crippen LogP contribution in [-0.2, 0) is 11.3 Å². The molecule has 0 N–H and O–H groups in total. The molecule has 2 aromatic carbocycles.